The number of rotatable bonds is 7. The zero-order chi connectivity index (χ0) is 22.9. The van der Waals surface area contributed by atoms with Gasteiger partial charge in [-0.1, -0.05) is 41.9 Å². The molecular weight excluding hydrogens is 471 g/mol. The molecule has 1 unspecified atom stereocenters. The van der Waals surface area contributed by atoms with Crippen LogP contribution in [0.1, 0.15) is 18.9 Å². The lowest BCUT2D eigenvalue weighted by molar-refractivity contribution is 0.250. The van der Waals surface area contributed by atoms with Crippen LogP contribution in [0.15, 0.2) is 58.3 Å². The molecule has 0 bridgehead atoms. The normalized spacial score (nSPS) is 19.2. The summed E-state index contributed by atoms with van der Waals surface area (Å²) in [5.74, 6) is -0.712. The van der Waals surface area contributed by atoms with Crippen LogP contribution in [-0.4, -0.2) is 44.0 Å². The molecule has 0 amide bonds. The highest BCUT2D eigenvalue weighted by Gasteiger charge is 2.34. The summed E-state index contributed by atoms with van der Waals surface area (Å²) in [6, 6.07) is 13.0. The number of aromatic nitrogens is 1. The molecule has 1 fully saturated rings. The molecule has 1 aliphatic rings. The van der Waals surface area contributed by atoms with Crippen LogP contribution in [-0.2, 0) is 16.6 Å². The van der Waals surface area contributed by atoms with Crippen LogP contribution in [0.2, 0.25) is 5.02 Å². The maximum Gasteiger partial charge on any atom is 0.266 e. The van der Waals surface area contributed by atoms with Crippen LogP contribution in [0, 0.1) is 5.82 Å². The quantitative estimate of drug-likeness (QED) is 0.509. The molecule has 0 saturated carbocycles. The van der Waals surface area contributed by atoms with Crippen molar-refractivity contribution < 1.29 is 12.8 Å². The number of anilines is 2. The zero-order valence-electron chi connectivity index (χ0n) is 17.7. The van der Waals surface area contributed by atoms with E-state index in [9.17, 15) is 12.8 Å². The first-order valence-corrected chi connectivity index (χ1v) is 13.0. The molecular formula is C22H24ClFN4O2S2. The minimum atomic E-state index is -4.14. The van der Waals surface area contributed by atoms with Gasteiger partial charge >= 0.3 is 0 Å². The summed E-state index contributed by atoms with van der Waals surface area (Å²) in [6.45, 7) is 3.90. The van der Waals surface area contributed by atoms with Crippen LogP contribution in [0.5, 0.6) is 0 Å². The highest BCUT2D eigenvalue weighted by atomic mass is 35.5. The lowest BCUT2D eigenvalue weighted by Crippen LogP contribution is -2.41. The van der Waals surface area contributed by atoms with E-state index in [-0.39, 0.29) is 22.9 Å². The minimum absolute atomic E-state index is 0.117. The fourth-order valence-electron chi connectivity index (χ4n) is 4.17. The Morgan fingerprint density at radius 3 is 2.75 bits per heavy atom. The number of nitrogens with one attached hydrogen (secondary N) is 1. The molecule has 1 aliphatic heterocycles. The van der Waals surface area contributed by atoms with E-state index < -0.39 is 20.7 Å². The van der Waals surface area contributed by atoms with E-state index in [4.69, 9.17) is 11.6 Å². The molecule has 2 atom stereocenters. The van der Waals surface area contributed by atoms with Crippen LogP contribution in [0.4, 0.5) is 15.9 Å². The highest BCUT2D eigenvalue weighted by molar-refractivity contribution is 7.92. The Hall–Kier alpha value is -2.20. The molecule has 2 aromatic carbocycles. The van der Waals surface area contributed by atoms with Crippen molar-refractivity contribution in [2.45, 2.75) is 36.9 Å². The summed E-state index contributed by atoms with van der Waals surface area (Å²) in [5.41, 5.74) is 3.20. The summed E-state index contributed by atoms with van der Waals surface area (Å²) in [4.78, 5) is 7.72. The molecule has 1 aromatic heterocycles. The maximum atomic E-state index is 14.9. The van der Waals surface area contributed by atoms with E-state index in [2.05, 4.69) is 33.7 Å². The lowest BCUT2D eigenvalue weighted by atomic mass is 10.1. The second-order valence-corrected chi connectivity index (χ2v) is 10.7. The molecule has 6 nitrogen and oxygen atoms in total. The van der Waals surface area contributed by atoms with E-state index in [0.717, 1.165) is 19.5 Å². The molecule has 0 aliphatic carbocycles. The second-order valence-electron chi connectivity index (χ2n) is 7.88. The van der Waals surface area contributed by atoms with Gasteiger partial charge in [0.2, 0.25) is 0 Å². The fraction of sp³-hybridized carbons (Fsp3) is 0.318. The molecule has 1 saturated heterocycles. The standard InChI is InChI=1S/C22H24ClFN4O2S2/c1-15-19(8-9-28(15)12-16-6-4-3-5-7-16)27(2)20-11-18(24)21(10-17(20)23)32(29,30)26-22-13-31-14-25-22/h3-7,10-11,13-15,19,26H,8-9,12H2,1-2H3/t15-,19?/m1/s1. The van der Waals surface area contributed by atoms with Gasteiger partial charge in [-0.05, 0) is 25.0 Å². The smallest absolute Gasteiger partial charge is 0.266 e. The predicted molar refractivity (Wildman–Crippen MR) is 127 cm³/mol. The number of hydrogen-bond donors (Lipinski definition) is 1. The number of halogens is 2. The molecule has 2 heterocycles. The van der Waals surface area contributed by atoms with Gasteiger partial charge in [0, 0.05) is 43.7 Å². The van der Waals surface area contributed by atoms with Crippen LogP contribution in [0.3, 0.4) is 0 Å². The van der Waals surface area contributed by atoms with Gasteiger partial charge in [0.05, 0.1) is 16.2 Å². The van der Waals surface area contributed by atoms with Crippen LogP contribution >= 0.6 is 22.9 Å². The molecule has 4 rings (SSSR count). The summed E-state index contributed by atoms with van der Waals surface area (Å²) >= 11 is 7.68. The maximum absolute atomic E-state index is 14.9. The first-order chi connectivity index (χ1) is 15.3. The Labute approximate surface area is 196 Å². The van der Waals surface area contributed by atoms with Crippen molar-refractivity contribution in [3.05, 3.63) is 69.8 Å². The third kappa shape index (κ3) is 4.76. The number of likely N-dealkylation sites (N-methyl/N-ethyl adjacent to an activating group) is 1. The number of benzene rings is 2. The van der Waals surface area contributed by atoms with Crippen LogP contribution < -0.4 is 9.62 Å². The van der Waals surface area contributed by atoms with E-state index in [0.29, 0.717) is 5.69 Å². The van der Waals surface area contributed by atoms with E-state index in [1.807, 2.05) is 30.1 Å². The summed E-state index contributed by atoms with van der Waals surface area (Å²) in [6.07, 6.45) is 0.897. The molecule has 0 radical (unpaired) electrons. The lowest BCUT2D eigenvalue weighted by Gasteiger charge is -2.33. The number of nitrogens with zero attached hydrogens (tertiary/aromatic N) is 3. The van der Waals surface area contributed by atoms with Gasteiger partial charge in [-0.2, -0.15) is 0 Å². The van der Waals surface area contributed by atoms with Crippen molar-refractivity contribution in [3.8, 4) is 0 Å². The van der Waals surface area contributed by atoms with Gasteiger partial charge in [0.25, 0.3) is 10.0 Å². The van der Waals surface area contributed by atoms with Crippen molar-refractivity contribution in [2.75, 3.05) is 23.2 Å². The Morgan fingerprint density at radius 1 is 1.31 bits per heavy atom. The van der Waals surface area contributed by atoms with E-state index in [1.54, 1.807) is 0 Å². The largest absolute Gasteiger partial charge is 0.369 e. The molecule has 170 valence electrons. The van der Waals surface area contributed by atoms with Crippen molar-refractivity contribution in [1.82, 2.24) is 9.88 Å². The van der Waals surface area contributed by atoms with Crippen molar-refractivity contribution in [1.29, 1.82) is 0 Å². The molecule has 1 N–H and O–H groups in total. The van der Waals surface area contributed by atoms with Gasteiger partial charge in [-0.3, -0.25) is 9.62 Å². The zero-order valence-corrected chi connectivity index (χ0v) is 20.1. The molecule has 3 aromatic rings. The second kappa shape index (κ2) is 9.35. The topological polar surface area (TPSA) is 65.5 Å². The fourth-order valence-corrected chi connectivity index (χ4v) is 6.18. The number of likely N-dealkylation sites (tertiary alicyclic amines) is 1. The summed E-state index contributed by atoms with van der Waals surface area (Å²) in [5, 5.41) is 1.71. The Kier molecular flexibility index (Phi) is 6.71. The van der Waals surface area contributed by atoms with Gasteiger partial charge in [0.15, 0.2) is 5.82 Å². The minimum Gasteiger partial charge on any atom is -0.369 e. The van der Waals surface area contributed by atoms with Crippen molar-refractivity contribution in [3.63, 3.8) is 0 Å². The monoisotopic (exact) mass is 494 g/mol. The van der Waals surface area contributed by atoms with Gasteiger partial charge in [-0.15, -0.1) is 11.3 Å². The Bertz CT molecular complexity index is 1180. The molecule has 32 heavy (non-hydrogen) atoms. The van der Waals surface area contributed by atoms with Gasteiger partial charge in [-0.25, -0.2) is 17.8 Å². The Morgan fingerprint density at radius 2 is 2.06 bits per heavy atom. The molecule has 10 heteroatoms. The first kappa shape index (κ1) is 23.0. The first-order valence-electron chi connectivity index (χ1n) is 10.2. The third-order valence-electron chi connectivity index (χ3n) is 5.91. The summed E-state index contributed by atoms with van der Waals surface area (Å²) < 4.78 is 42.4. The predicted octanol–water partition coefficient (Wildman–Crippen LogP) is 4.84. The SMILES string of the molecule is C[C@@H]1C(N(C)c2cc(F)c(S(=O)(=O)Nc3cscn3)cc2Cl)CCN1Cc1ccccc1. The van der Waals surface area contributed by atoms with Crippen LogP contribution in [0.25, 0.3) is 0 Å². The van der Waals surface area contributed by atoms with Gasteiger partial charge < -0.3 is 4.90 Å². The van der Waals surface area contributed by atoms with Gasteiger partial charge in [0.1, 0.15) is 10.7 Å². The van der Waals surface area contributed by atoms with E-state index in [1.165, 1.54) is 39.9 Å². The third-order valence-corrected chi connectivity index (χ3v) is 8.17. The highest BCUT2D eigenvalue weighted by Crippen LogP contribution is 2.35. The van der Waals surface area contributed by atoms with Crippen molar-refractivity contribution in [2.24, 2.45) is 0 Å². The average Bonchev–Trinajstić information content (AvgIpc) is 3.39. The molecule has 0 spiro atoms. The van der Waals surface area contributed by atoms with E-state index >= 15 is 0 Å². The summed E-state index contributed by atoms with van der Waals surface area (Å²) in [7, 11) is -2.27. The number of hydrogen-bond acceptors (Lipinski definition) is 6. The number of thiazole rings is 1. The average molecular weight is 495 g/mol. The Balaban J connectivity index is 1.53. The van der Waals surface area contributed by atoms with Crippen molar-refractivity contribution >= 4 is 44.5 Å². The number of sulfonamides is 1.